The first-order chi connectivity index (χ1) is 10.1. The molecule has 1 aliphatic rings. The molecule has 0 saturated heterocycles. The molecule has 112 valence electrons. The van der Waals surface area contributed by atoms with Crippen LogP contribution in [0.4, 0.5) is 0 Å². The van der Waals surface area contributed by atoms with E-state index in [0.29, 0.717) is 12.1 Å². The molecule has 0 aliphatic heterocycles. The number of hydrogen-bond donors (Lipinski definition) is 1. The fourth-order valence-corrected chi connectivity index (χ4v) is 4.57. The molecule has 2 unspecified atom stereocenters. The topological polar surface area (TPSA) is 12.0 Å². The molecule has 3 heteroatoms. The quantitative estimate of drug-likeness (QED) is 0.723. The van der Waals surface area contributed by atoms with Gasteiger partial charge in [-0.1, -0.05) is 18.2 Å². The van der Waals surface area contributed by atoms with E-state index < -0.39 is 0 Å². The Labute approximate surface area is 139 Å². The zero-order chi connectivity index (χ0) is 14.8. The molecule has 21 heavy (non-hydrogen) atoms. The maximum Gasteiger partial charge on any atom is 0.0701 e. The van der Waals surface area contributed by atoms with Gasteiger partial charge in [-0.05, 0) is 84.3 Å². The van der Waals surface area contributed by atoms with Crippen LogP contribution in [-0.4, -0.2) is 0 Å². The van der Waals surface area contributed by atoms with Crippen molar-refractivity contribution in [1.29, 1.82) is 0 Å². The molecule has 1 N–H and O–H groups in total. The van der Waals surface area contributed by atoms with Crippen LogP contribution in [0.15, 0.2) is 34.1 Å². The first kappa shape index (κ1) is 15.3. The van der Waals surface area contributed by atoms with Crippen LogP contribution in [0.3, 0.4) is 0 Å². The van der Waals surface area contributed by atoms with Crippen LogP contribution in [0, 0.1) is 0 Å². The molecule has 2 aromatic rings. The van der Waals surface area contributed by atoms with Gasteiger partial charge in [-0.25, -0.2) is 0 Å². The highest BCUT2D eigenvalue weighted by Gasteiger charge is 2.15. The second kappa shape index (κ2) is 6.64. The molecule has 1 aromatic heterocycles. The van der Waals surface area contributed by atoms with Gasteiger partial charge in [-0.3, -0.25) is 0 Å². The Balaban J connectivity index is 1.71. The lowest BCUT2D eigenvalue weighted by molar-refractivity contribution is 0.499. The number of rotatable bonds is 4. The van der Waals surface area contributed by atoms with Crippen molar-refractivity contribution in [3.8, 4) is 0 Å². The fourth-order valence-electron chi connectivity index (χ4n) is 3.14. The molecule has 1 aliphatic carbocycles. The number of aryl methyl sites for hydroxylation is 2. The second-order valence-electron chi connectivity index (χ2n) is 5.99. The summed E-state index contributed by atoms with van der Waals surface area (Å²) in [5.41, 5.74) is 4.55. The van der Waals surface area contributed by atoms with Crippen LogP contribution in [0.2, 0.25) is 0 Å². The first-order valence-electron chi connectivity index (χ1n) is 7.76. The molecule has 0 saturated carbocycles. The summed E-state index contributed by atoms with van der Waals surface area (Å²) < 4.78 is 1.20. The van der Waals surface area contributed by atoms with Crippen LogP contribution in [0.1, 0.15) is 60.3 Å². The highest BCUT2D eigenvalue weighted by atomic mass is 79.9. The minimum atomic E-state index is 0.382. The average Bonchev–Trinajstić information content (AvgIpc) is 2.93. The normalized spacial score (nSPS) is 17.3. The summed E-state index contributed by atoms with van der Waals surface area (Å²) in [5.74, 6) is 0. The van der Waals surface area contributed by atoms with Crippen molar-refractivity contribution in [2.45, 2.75) is 51.6 Å². The Hall–Kier alpha value is -0.640. The van der Waals surface area contributed by atoms with E-state index in [-0.39, 0.29) is 0 Å². The van der Waals surface area contributed by atoms with Crippen molar-refractivity contribution in [3.63, 3.8) is 0 Å². The Morgan fingerprint density at radius 1 is 1.00 bits per heavy atom. The molecule has 0 amide bonds. The summed E-state index contributed by atoms with van der Waals surface area (Å²) in [6.07, 6.45) is 5.21. The van der Waals surface area contributed by atoms with Crippen LogP contribution in [-0.2, 0) is 12.8 Å². The third-order valence-electron chi connectivity index (χ3n) is 4.39. The monoisotopic (exact) mass is 363 g/mol. The van der Waals surface area contributed by atoms with Gasteiger partial charge in [-0.2, -0.15) is 0 Å². The second-order valence-corrected chi connectivity index (χ2v) is 8.48. The summed E-state index contributed by atoms with van der Waals surface area (Å²) in [5, 5.41) is 3.72. The van der Waals surface area contributed by atoms with E-state index in [9.17, 15) is 0 Å². The SMILES string of the molecule is CC(NC(C)c1ccc(Br)s1)c1ccc2c(c1)CCCC2. The average molecular weight is 364 g/mol. The molecule has 0 radical (unpaired) electrons. The van der Waals surface area contributed by atoms with Gasteiger partial charge < -0.3 is 5.32 Å². The van der Waals surface area contributed by atoms with Gasteiger partial charge in [0.2, 0.25) is 0 Å². The third-order valence-corrected chi connectivity index (χ3v) is 6.20. The lowest BCUT2D eigenvalue weighted by Crippen LogP contribution is -2.22. The molecule has 1 nitrogen and oxygen atoms in total. The lowest BCUT2D eigenvalue weighted by atomic mass is 9.89. The van der Waals surface area contributed by atoms with Crippen LogP contribution >= 0.6 is 27.3 Å². The van der Waals surface area contributed by atoms with Gasteiger partial charge in [0.1, 0.15) is 0 Å². The predicted molar refractivity (Wildman–Crippen MR) is 95.1 cm³/mol. The summed E-state index contributed by atoms with van der Waals surface area (Å²) >= 11 is 5.35. The van der Waals surface area contributed by atoms with E-state index in [2.05, 4.69) is 65.4 Å². The Morgan fingerprint density at radius 3 is 2.48 bits per heavy atom. The minimum absolute atomic E-state index is 0.382. The first-order valence-corrected chi connectivity index (χ1v) is 9.37. The summed E-state index contributed by atoms with van der Waals surface area (Å²) in [6, 6.07) is 12.2. The van der Waals surface area contributed by atoms with E-state index in [0.717, 1.165) is 0 Å². The van der Waals surface area contributed by atoms with Crippen molar-refractivity contribution in [2.24, 2.45) is 0 Å². The van der Waals surface area contributed by atoms with Gasteiger partial charge in [0, 0.05) is 17.0 Å². The maximum atomic E-state index is 3.72. The Bertz CT molecular complexity index is 619. The predicted octanol–water partition coefficient (Wildman–Crippen LogP) is 5.80. The molecular formula is C18H22BrNS. The van der Waals surface area contributed by atoms with E-state index in [1.54, 1.807) is 11.1 Å². The van der Waals surface area contributed by atoms with E-state index in [1.165, 1.54) is 39.9 Å². The van der Waals surface area contributed by atoms with Crippen LogP contribution < -0.4 is 5.32 Å². The summed E-state index contributed by atoms with van der Waals surface area (Å²) in [4.78, 5) is 1.38. The third kappa shape index (κ3) is 3.58. The van der Waals surface area contributed by atoms with Gasteiger partial charge in [0.25, 0.3) is 0 Å². The lowest BCUT2D eigenvalue weighted by Gasteiger charge is -2.22. The Kier molecular flexibility index (Phi) is 4.82. The zero-order valence-corrected chi connectivity index (χ0v) is 15.1. The number of hydrogen-bond acceptors (Lipinski definition) is 2. The smallest absolute Gasteiger partial charge is 0.0701 e. The van der Waals surface area contributed by atoms with E-state index in [4.69, 9.17) is 0 Å². The van der Waals surface area contributed by atoms with Crippen molar-refractivity contribution in [3.05, 3.63) is 55.7 Å². The van der Waals surface area contributed by atoms with Crippen molar-refractivity contribution in [2.75, 3.05) is 0 Å². The number of benzene rings is 1. The highest BCUT2D eigenvalue weighted by Crippen LogP contribution is 2.30. The molecule has 1 heterocycles. The van der Waals surface area contributed by atoms with Gasteiger partial charge in [0.05, 0.1) is 3.79 Å². The number of halogens is 1. The molecule has 2 atom stereocenters. The maximum absolute atomic E-state index is 3.72. The van der Waals surface area contributed by atoms with E-state index in [1.807, 2.05) is 11.3 Å². The van der Waals surface area contributed by atoms with Gasteiger partial charge in [-0.15, -0.1) is 11.3 Å². The minimum Gasteiger partial charge on any atom is -0.303 e. The number of fused-ring (bicyclic) bond motifs is 1. The molecular weight excluding hydrogens is 342 g/mol. The van der Waals surface area contributed by atoms with Crippen LogP contribution in [0.25, 0.3) is 0 Å². The zero-order valence-electron chi connectivity index (χ0n) is 12.7. The standard InChI is InChI=1S/C18H22BrNS/c1-12(20-13(2)17-9-10-18(19)21-17)15-8-7-14-5-3-4-6-16(14)11-15/h7-13,20H,3-6H2,1-2H3. The molecule has 3 rings (SSSR count). The molecule has 0 spiro atoms. The fraction of sp³-hybridized carbons (Fsp3) is 0.444. The molecule has 0 fully saturated rings. The highest BCUT2D eigenvalue weighted by molar-refractivity contribution is 9.11. The summed E-state index contributed by atoms with van der Waals surface area (Å²) in [6.45, 7) is 4.51. The number of thiophene rings is 1. The molecule has 1 aromatic carbocycles. The van der Waals surface area contributed by atoms with Gasteiger partial charge in [0.15, 0.2) is 0 Å². The van der Waals surface area contributed by atoms with Crippen molar-refractivity contribution >= 4 is 27.3 Å². The van der Waals surface area contributed by atoms with Crippen molar-refractivity contribution < 1.29 is 0 Å². The largest absolute Gasteiger partial charge is 0.303 e. The van der Waals surface area contributed by atoms with Crippen LogP contribution in [0.5, 0.6) is 0 Å². The Morgan fingerprint density at radius 2 is 1.76 bits per heavy atom. The number of nitrogens with one attached hydrogen (secondary N) is 1. The van der Waals surface area contributed by atoms with E-state index >= 15 is 0 Å². The molecule has 0 bridgehead atoms. The summed E-state index contributed by atoms with van der Waals surface area (Å²) in [7, 11) is 0. The van der Waals surface area contributed by atoms with Gasteiger partial charge >= 0.3 is 0 Å². The van der Waals surface area contributed by atoms with Crippen molar-refractivity contribution in [1.82, 2.24) is 5.32 Å².